The van der Waals surface area contributed by atoms with Gasteiger partial charge in [-0.1, -0.05) is 48.0 Å². The summed E-state index contributed by atoms with van der Waals surface area (Å²) in [4.78, 5) is 12.9. The lowest BCUT2D eigenvalue weighted by molar-refractivity contribution is -0.218. The molecule has 1 saturated heterocycles. The molecule has 3 aromatic rings. The second-order valence-electron chi connectivity index (χ2n) is 9.06. The van der Waals surface area contributed by atoms with Gasteiger partial charge in [-0.15, -0.1) is 11.8 Å². The number of aliphatic hydroxyl groups is 3. The molecule has 9 heteroatoms. The van der Waals surface area contributed by atoms with Gasteiger partial charge in [0, 0.05) is 22.7 Å². The average Bonchev–Trinajstić information content (AvgIpc) is 2.93. The first-order valence-corrected chi connectivity index (χ1v) is 13.8. The Labute approximate surface area is 231 Å². The van der Waals surface area contributed by atoms with E-state index < -0.39 is 30.5 Å². The van der Waals surface area contributed by atoms with Gasteiger partial charge in [-0.3, -0.25) is 4.79 Å². The lowest BCUT2D eigenvalue weighted by Gasteiger charge is -2.41. The van der Waals surface area contributed by atoms with Gasteiger partial charge < -0.3 is 30.1 Å². The molecule has 0 radical (unpaired) electrons. The maximum Gasteiger partial charge on any atom is 0.252 e. The number of hydrogen-bond donors (Lipinski definition) is 4. The summed E-state index contributed by atoms with van der Waals surface area (Å²) in [5.74, 6) is 0.847. The Morgan fingerprint density at radius 2 is 1.76 bits per heavy atom. The predicted molar refractivity (Wildman–Crippen MR) is 148 cm³/mol. The Morgan fingerprint density at radius 3 is 2.47 bits per heavy atom. The van der Waals surface area contributed by atoms with E-state index >= 15 is 0 Å². The number of carbonyl (C=O) groups is 1. The van der Waals surface area contributed by atoms with Crippen molar-refractivity contribution in [1.82, 2.24) is 5.32 Å². The minimum Gasteiger partial charge on any atom is -0.494 e. The van der Waals surface area contributed by atoms with E-state index in [-0.39, 0.29) is 11.7 Å². The smallest absolute Gasteiger partial charge is 0.252 e. The number of nitrogens with one attached hydrogen (secondary N) is 1. The Balaban J connectivity index is 1.52. The van der Waals surface area contributed by atoms with Crippen molar-refractivity contribution in [2.24, 2.45) is 0 Å². The second kappa shape index (κ2) is 13.0. The van der Waals surface area contributed by atoms with Crippen molar-refractivity contribution in [2.45, 2.75) is 48.8 Å². The van der Waals surface area contributed by atoms with Crippen LogP contribution in [0, 0.1) is 0 Å². The fraction of sp³-hybridized carbons (Fsp3) is 0.345. The molecule has 0 aliphatic carbocycles. The van der Waals surface area contributed by atoms with E-state index in [1.165, 1.54) is 11.8 Å². The Hall–Kier alpha value is -2.59. The van der Waals surface area contributed by atoms with Crippen LogP contribution in [0.5, 0.6) is 5.75 Å². The minimum absolute atomic E-state index is 0.215. The normalized spacial score (nSPS) is 23.2. The molecular weight excluding hydrogens is 526 g/mol. The first-order valence-electron chi connectivity index (χ1n) is 12.5. The van der Waals surface area contributed by atoms with Crippen LogP contribution in [0.15, 0.2) is 71.6 Å². The summed E-state index contributed by atoms with van der Waals surface area (Å²) in [7, 11) is 1.57. The molecule has 0 saturated carbocycles. The molecule has 5 atom stereocenters. The highest BCUT2D eigenvalue weighted by Gasteiger charge is 2.44. The number of benzene rings is 3. The molecule has 0 spiro atoms. The highest BCUT2D eigenvalue weighted by molar-refractivity contribution is 7.99. The number of aliphatic hydroxyl groups excluding tert-OH is 3. The van der Waals surface area contributed by atoms with Gasteiger partial charge >= 0.3 is 0 Å². The van der Waals surface area contributed by atoms with Crippen molar-refractivity contribution in [2.75, 3.05) is 19.4 Å². The first-order chi connectivity index (χ1) is 18.3. The van der Waals surface area contributed by atoms with Crippen LogP contribution in [0.4, 0.5) is 0 Å². The largest absolute Gasteiger partial charge is 0.494 e. The molecule has 0 unspecified atom stereocenters. The number of amides is 1. The summed E-state index contributed by atoms with van der Waals surface area (Å²) < 4.78 is 11.7. The van der Waals surface area contributed by atoms with Gasteiger partial charge in [0.15, 0.2) is 0 Å². The number of halogens is 1. The third-order valence-electron chi connectivity index (χ3n) is 6.50. The van der Waals surface area contributed by atoms with Crippen LogP contribution in [0.2, 0.25) is 5.02 Å². The summed E-state index contributed by atoms with van der Waals surface area (Å²) >= 11 is 7.84. The zero-order chi connectivity index (χ0) is 27.2. The molecule has 7 nitrogen and oxygen atoms in total. The predicted octanol–water partition coefficient (Wildman–Crippen LogP) is 4.00. The summed E-state index contributed by atoms with van der Waals surface area (Å²) in [6.45, 7) is 2.53. The highest BCUT2D eigenvalue weighted by atomic mass is 35.5. The van der Waals surface area contributed by atoms with Gasteiger partial charge in [0.1, 0.15) is 30.2 Å². The van der Waals surface area contributed by atoms with Crippen molar-refractivity contribution >= 4 is 29.3 Å². The second-order valence-corrected chi connectivity index (χ2v) is 10.5. The van der Waals surface area contributed by atoms with Gasteiger partial charge in [0.2, 0.25) is 0 Å². The molecule has 202 valence electrons. The zero-order valence-corrected chi connectivity index (χ0v) is 22.8. The molecule has 4 N–H and O–H groups in total. The SMILES string of the molecule is CCOc1ccc(Cc2cc([C@@H]3O[C@H](CSc4ccccc4C(=O)NC)[C@@H](O)[C@H](O)[C@H]3O)ccc2Cl)cc1. The summed E-state index contributed by atoms with van der Waals surface area (Å²) in [6.07, 6.45) is -5.13. The summed E-state index contributed by atoms with van der Waals surface area (Å²) in [5, 5.41) is 35.3. The Morgan fingerprint density at radius 1 is 1.03 bits per heavy atom. The van der Waals surface area contributed by atoms with E-state index in [0.29, 0.717) is 29.2 Å². The molecular formula is C29H32ClNO6S. The minimum atomic E-state index is -1.40. The highest BCUT2D eigenvalue weighted by Crippen LogP contribution is 2.36. The van der Waals surface area contributed by atoms with Crippen LogP contribution in [-0.2, 0) is 11.2 Å². The molecule has 1 heterocycles. The number of rotatable bonds is 9. The first kappa shape index (κ1) is 28.4. The summed E-state index contributed by atoms with van der Waals surface area (Å²) in [6, 6.07) is 20.3. The molecule has 1 aliphatic rings. The zero-order valence-electron chi connectivity index (χ0n) is 21.2. The lowest BCUT2D eigenvalue weighted by atomic mass is 9.90. The van der Waals surface area contributed by atoms with Crippen LogP contribution >= 0.6 is 23.4 Å². The molecule has 1 amide bonds. The van der Waals surface area contributed by atoms with Gasteiger partial charge in [0.05, 0.1) is 18.3 Å². The van der Waals surface area contributed by atoms with E-state index in [0.717, 1.165) is 21.8 Å². The van der Waals surface area contributed by atoms with Crippen molar-refractivity contribution in [1.29, 1.82) is 0 Å². The maximum atomic E-state index is 12.2. The van der Waals surface area contributed by atoms with Crippen molar-refractivity contribution in [3.63, 3.8) is 0 Å². The van der Waals surface area contributed by atoms with E-state index in [9.17, 15) is 20.1 Å². The van der Waals surface area contributed by atoms with Crippen molar-refractivity contribution in [3.8, 4) is 5.75 Å². The Kier molecular flexibility index (Phi) is 9.70. The van der Waals surface area contributed by atoms with E-state index in [2.05, 4.69) is 5.32 Å². The van der Waals surface area contributed by atoms with Crippen LogP contribution in [0.1, 0.15) is 40.1 Å². The monoisotopic (exact) mass is 557 g/mol. The fourth-order valence-corrected chi connectivity index (χ4v) is 5.74. The van der Waals surface area contributed by atoms with Crippen molar-refractivity contribution in [3.05, 3.63) is 94.0 Å². The topological polar surface area (TPSA) is 108 Å². The molecule has 1 aliphatic heterocycles. The number of thioether (sulfide) groups is 1. The quantitative estimate of drug-likeness (QED) is 0.294. The summed E-state index contributed by atoms with van der Waals surface area (Å²) in [5.41, 5.74) is 3.04. The van der Waals surface area contributed by atoms with Crippen LogP contribution in [-0.4, -0.2) is 65.1 Å². The third kappa shape index (κ3) is 6.51. The molecule has 0 aromatic heterocycles. The molecule has 1 fully saturated rings. The van der Waals surface area contributed by atoms with Gasteiger partial charge in [-0.05, 0) is 60.4 Å². The molecule has 3 aromatic carbocycles. The fourth-order valence-electron chi connectivity index (χ4n) is 4.45. The molecule has 0 bridgehead atoms. The van der Waals surface area contributed by atoms with Gasteiger partial charge in [0.25, 0.3) is 5.91 Å². The van der Waals surface area contributed by atoms with Gasteiger partial charge in [-0.25, -0.2) is 0 Å². The lowest BCUT2D eigenvalue weighted by Crippen LogP contribution is -2.54. The van der Waals surface area contributed by atoms with Crippen LogP contribution < -0.4 is 10.1 Å². The van der Waals surface area contributed by atoms with E-state index in [4.69, 9.17) is 21.1 Å². The van der Waals surface area contributed by atoms with E-state index in [1.807, 2.05) is 49.4 Å². The molecule has 38 heavy (non-hydrogen) atoms. The number of carbonyl (C=O) groups excluding carboxylic acids is 1. The van der Waals surface area contributed by atoms with Crippen LogP contribution in [0.3, 0.4) is 0 Å². The van der Waals surface area contributed by atoms with Crippen LogP contribution in [0.25, 0.3) is 0 Å². The number of ether oxygens (including phenoxy) is 2. The van der Waals surface area contributed by atoms with Gasteiger partial charge in [-0.2, -0.15) is 0 Å². The molecule has 4 rings (SSSR count). The average molecular weight is 558 g/mol. The third-order valence-corrected chi connectivity index (χ3v) is 8.03. The van der Waals surface area contributed by atoms with Crippen molar-refractivity contribution < 1.29 is 29.6 Å². The standard InChI is InChI=1S/C29H32ClNO6S/c1-3-36-20-11-8-17(9-12-20)14-19-15-18(10-13-22(19)30)28-27(34)26(33)25(32)23(37-28)16-38-24-7-5-4-6-21(24)29(35)31-2/h4-13,15,23,25-28,32-34H,3,14,16H2,1-2H3,(H,31,35)/t23-,25-,26+,27-,28+/m1/s1. The number of hydrogen-bond acceptors (Lipinski definition) is 7. The maximum absolute atomic E-state index is 12.2. The van der Waals surface area contributed by atoms with E-state index in [1.54, 1.807) is 31.3 Å². The Bertz CT molecular complexity index is 1240.